The molecule has 0 atom stereocenters. The minimum Gasteiger partial charge on any atom is -0.371 e. The monoisotopic (exact) mass is 278 g/mol. The van der Waals surface area contributed by atoms with Crippen molar-refractivity contribution < 1.29 is 0 Å². The van der Waals surface area contributed by atoms with E-state index in [1.165, 1.54) is 11.4 Å². The van der Waals surface area contributed by atoms with Crippen LogP contribution in [0.5, 0.6) is 0 Å². The van der Waals surface area contributed by atoms with Crippen LogP contribution in [-0.2, 0) is 0 Å². The fourth-order valence-electron chi connectivity index (χ4n) is 2.01. The Morgan fingerprint density at radius 2 is 1.33 bits per heavy atom. The van der Waals surface area contributed by atoms with Crippen molar-refractivity contribution in [2.75, 3.05) is 30.4 Å². The number of benzene rings is 2. The standard InChI is InChI=1S/C19H22N2/c1-20(18-12-6-3-7-13-18)16-10-5-11-17-21(2)19-14-8-4-9-15-19/h3-16H,17H2,1-2H3. The Balaban J connectivity index is 1.81. The number of likely N-dealkylation sites (N-methyl/N-ethyl adjacent to an activating group) is 1. The molecule has 2 aromatic rings. The Kier molecular flexibility index (Phi) is 5.65. The first-order valence-electron chi connectivity index (χ1n) is 7.15. The molecule has 0 unspecified atom stereocenters. The molecule has 0 aliphatic carbocycles. The Hall–Kier alpha value is -2.48. The van der Waals surface area contributed by atoms with Crippen molar-refractivity contribution in [3.8, 4) is 0 Å². The molecule has 0 spiro atoms. The largest absolute Gasteiger partial charge is 0.371 e. The van der Waals surface area contributed by atoms with Gasteiger partial charge in [-0.25, -0.2) is 0 Å². The summed E-state index contributed by atoms with van der Waals surface area (Å²) >= 11 is 0. The summed E-state index contributed by atoms with van der Waals surface area (Å²) in [6.45, 7) is 0.892. The Labute approximate surface area is 127 Å². The molecule has 0 saturated heterocycles. The summed E-state index contributed by atoms with van der Waals surface area (Å²) in [6, 6.07) is 20.7. The molecule has 108 valence electrons. The molecule has 0 saturated carbocycles. The molecule has 0 fully saturated rings. The maximum Gasteiger partial charge on any atom is 0.0403 e. The predicted octanol–water partition coefficient (Wildman–Crippen LogP) is 4.33. The van der Waals surface area contributed by atoms with Gasteiger partial charge in [0, 0.05) is 38.2 Å². The first-order valence-corrected chi connectivity index (χ1v) is 7.15. The summed E-state index contributed by atoms with van der Waals surface area (Å²) in [7, 11) is 4.15. The van der Waals surface area contributed by atoms with Gasteiger partial charge < -0.3 is 9.80 Å². The van der Waals surface area contributed by atoms with Crippen LogP contribution in [0.15, 0.2) is 85.1 Å². The number of anilines is 2. The van der Waals surface area contributed by atoms with E-state index < -0.39 is 0 Å². The maximum atomic E-state index is 2.21. The highest BCUT2D eigenvalue weighted by atomic mass is 15.1. The average molecular weight is 278 g/mol. The highest BCUT2D eigenvalue weighted by Crippen LogP contribution is 2.11. The number of allylic oxidation sites excluding steroid dienone is 2. The first kappa shape index (κ1) is 14.9. The molecule has 0 bridgehead atoms. The molecular formula is C19H22N2. The highest BCUT2D eigenvalue weighted by molar-refractivity contribution is 5.48. The van der Waals surface area contributed by atoms with E-state index in [-0.39, 0.29) is 0 Å². The quantitative estimate of drug-likeness (QED) is 0.726. The molecule has 0 N–H and O–H groups in total. The van der Waals surface area contributed by atoms with Crippen molar-refractivity contribution in [3.05, 3.63) is 85.1 Å². The molecule has 2 aromatic carbocycles. The number of para-hydroxylation sites is 2. The van der Waals surface area contributed by atoms with E-state index in [4.69, 9.17) is 0 Å². The van der Waals surface area contributed by atoms with Crippen LogP contribution in [0.4, 0.5) is 11.4 Å². The lowest BCUT2D eigenvalue weighted by atomic mass is 10.3. The zero-order valence-electron chi connectivity index (χ0n) is 12.7. The molecule has 2 heteroatoms. The Morgan fingerprint density at radius 3 is 1.95 bits per heavy atom. The lowest BCUT2D eigenvalue weighted by molar-refractivity contribution is 1.03. The van der Waals surface area contributed by atoms with Crippen molar-refractivity contribution in [1.29, 1.82) is 0 Å². The van der Waals surface area contributed by atoms with Gasteiger partial charge in [-0.05, 0) is 30.3 Å². The number of rotatable bonds is 6. The normalized spacial score (nSPS) is 11.1. The van der Waals surface area contributed by atoms with Crippen molar-refractivity contribution in [2.45, 2.75) is 0 Å². The fourth-order valence-corrected chi connectivity index (χ4v) is 2.01. The second-order valence-corrected chi connectivity index (χ2v) is 4.93. The van der Waals surface area contributed by atoms with E-state index in [0.29, 0.717) is 0 Å². The smallest absolute Gasteiger partial charge is 0.0403 e. The highest BCUT2D eigenvalue weighted by Gasteiger charge is 1.95. The van der Waals surface area contributed by atoms with E-state index >= 15 is 0 Å². The predicted molar refractivity (Wildman–Crippen MR) is 92.8 cm³/mol. The Bertz CT molecular complexity index is 573. The molecule has 0 heterocycles. The van der Waals surface area contributed by atoms with Crippen LogP contribution >= 0.6 is 0 Å². The van der Waals surface area contributed by atoms with Crippen molar-refractivity contribution >= 4 is 11.4 Å². The second-order valence-electron chi connectivity index (χ2n) is 4.93. The minimum absolute atomic E-state index is 0.892. The van der Waals surface area contributed by atoms with Gasteiger partial charge in [-0.1, -0.05) is 48.6 Å². The zero-order chi connectivity index (χ0) is 14.9. The zero-order valence-corrected chi connectivity index (χ0v) is 12.7. The van der Waals surface area contributed by atoms with Gasteiger partial charge >= 0.3 is 0 Å². The van der Waals surface area contributed by atoms with E-state index in [0.717, 1.165) is 6.54 Å². The molecular weight excluding hydrogens is 256 g/mol. The number of hydrogen-bond acceptors (Lipinski definition) is 2. The molecule has 2 nitrogen and oxygen atoms in total. The van der Waals surface area contributed by atoms with E-state index in [1.54, 1.807) is 0 Å². The van der Waals surface area contributed by atoms with Gasteiger partial charge in [-0.2, -0.15) is 0 Å². The van der Waals surface area contributed by atoms with E-state index in [9.17, 15) is 0 Å². The average Bonchev–Trinajstić information content (AvgIpc) is 2.55. The summed E-state index contributed by atoms with van der Waals surface area (Å²) in [6.07, 6.45) is 8.36. The molecule has 21 heavy (non-hydrogen) atoms. The van der Waals surface area contributed by atoms with Crippen LogP contribution in [0, 0.1) is 0 Å². The maximum absolute atomic E-state index is 2.21. The topological polar surface area (TPSA) is 6.48 Å². The summed E-state index contributed by atoms with van der Waals surface area (Å²) in [4.78, 5) is 4.32. The van der Waals surface area contributed by atoms with Crippen LogP contribution in [0.1, 0.15) is 0 Å². The van der Waals surface area contributed by atoms with Crippen LogP contribution in [0.25, 0.3) is 0 Å². The van der Waals surface area contributed by atoms with Gasteiger partial charge in [-0.3, -0.25) is 0 Å². The van der Waals surface area contributed by atoms with Crippen LogP contribution in [0.2, 0.25) is 0 Å². The second kappa shape index (κ2) is 7.95. The van der Waals surface area contributed by atoms with Crippen molar-refractivity contribution in [3.63, 3.8) is 0 Å². The van der Waals surface area contributed by atoms with Gasteiger partial charge in [0.15, 0.2) is 0 Å². The summed E-state index contributed by atoms with van der Waals surface area (Å²) in [5.74, 6) is 0. The van der Waals surface area contributed by atoms with Gasteiger partial charge in [0.2, 0.25) is 0 Å². The van der Waals surface area contributed by atoms with E-state index in [1.807, 2.05) is 24.3 Å². The van der Waals surface area contributed by atoms with Gasteiger partial charge in [0.05, 0.1) is 0 Å². The molecule has 0 aliphatic rings. The minimum atomic E-state index is 0.892. The number of hydrogen-bond donors (Lipinski definition) is 0. The number of nitrogens with zero attached hydrogens (tertiary/aromatic N) is 2. The Morgan fingerprint density at radius 1 is 0.762 bits per heavy atom. The third-order valence-corrected chi connectivity index (χ3v) is 3.30. The first-order chi connectivity index (χ1) is 10.3. The molecule has 0 aliphatic heterocycles. The third-order valence-electron chi connectivity index (χ3n) is 3.30. The van der Waals surface area contributed by atoms with Crippen LogP contribution in [-0.4, -0.2) is 20.6 Å². The SMILES string of the molecule is CN(C=CC=CCN(C)c1ccccc1)c1ccccc1. The molecule has 0 amide bonds. The van der Waals surface area contributed by atoms with Crippen LogP contribution < -0.4 is 9.80 Å². The molecule has 0 aromatic heterocycles. The third kappa shape index (κ3) is 4.84. The van der Waals surface area contributed by atoms with Crippen molar-refractivity contribution in [2.24, 2.45) is 0 Å². The summed E-state index contributed by atoms with van der Waals surface area (Å²) in [5, 5.41) is 0. The van der Waals surface area contributed by atoms with Gasteiger partial charge in [0.1, 0.15) is 0 Å². The lowest BCUT2D eigenvalue weighted by Gasteiger charge is -2.16. The van der Waals surface area contributed by atoms with Gasteiger partial charge in [-0.15, -0.1) is 0 Å². The van der Waals surface area contributed by atoms with Crippen LogP contribution in [0.3, 0.4) is 0 Å². The molecule has 2 rings (SSSR count). The molecule has 0 radical (unpaired) electrons. The fraction of sp³-hybridized carbons (Fsp3) is 0.158. The van der Waals surface area contributed by atoms with E-state index in [2.05, 4.69) is 84.7 Å². The lowest BCUT2D eigenvalue weighted by Crippen LogP contribution is -2.16. The van der Waals surface area contributed by atoms with Gasteiger partial charge in [0.25, 0.3) is 0 Å². The summed E-state index contributed by atoms with van der Waals surface area (Å²) in [5.41, 5.74) is 2.41. The summed E-state index contributed by atoms with van der Waals surface area (Å²) < 4.78 is 0. The van der Waals surface area contributed by atoms with Crippen molar-refractivity contribution in [1.82, 2.24) is 0 Å².